The van der Waals surface area contributed by atoms with E-state index in [1.165, 1.54) is 5.56 Å². The molecule has 0 aliphatic carbocycles. The zero-order chi connectivity index (χ0) is 13.7. The summed E-state index contributed by atoms with van der Waals surface area (Å²) in [5.74, 6) is -0.772. The SMILES string of the molecule is CC(NC1CCN(Cc2ccccc2)CC1)C(=O)O. The predicted molar refractivity (Wildman–Crippen MR) is 75.0 cm³/mol. The molecular weight excluding hydrogens is 240 g/mol. The fraction of sp³-hybridized carbons (Fsp3) is 0.533. The molecule has 0 amide bonds. The first-order chi connectivity index (χ1) is 9.15. The molecule has 4 nitrogen and oxygen atoms in total. The monoisotopic (exact) mass is 262 g/mol. The number of rotatable bonds is 5. The van der Waals surface area contributed by atoms with E-state index in [1.54, 1.807) is 6.92 Å². The highest BCUT2D eigenvalue weighted by atomic mass is 16.4. The first-order valence-electron chi connectivity index (χ1n) is 6.90. The molecule has 1 unspecified atom stereocenters. The summed E-state index contributed by atoms with van der Waals surface area (Å²) in [4.78, 5) is 13.2. The van der Waals surface area contributed by atoms with E-state index in [0.29, 0.717) is 6.04 Å². The van der Waals surface area contributed by atoms with Crippen molar-refractivity contribution in [3.05, 3.63) is 35.9 Å². The van der Waals surface area contributed by atoms with E-state index in [1.807, 2.05) is 6.07 Å². The molecule has 1 aromatic rings. The zero-order valence-corrected chi connectivity index (χ0v) is 11.4. The van der Waals surface area contributed by atoms with Crippen LogP contribution in [0.1, 0.15) is 25.3 Å². The number of nitrogens with one attached hydrogen (secondary N) is 1. The summed E-state index contributed by atoms with van der Waals surface area (Å²) in [6.07, 6.45) is 2.04. The van der Waals surface area contributed by atoms with Gasteiger partial charge >= 0.3 is 5.97 Å². The molecular formula is C15H22N2O2. The van der Waals surface area contributed by atoms with E-state index >= 15 is 0 Å². The van der Waals surface area contributed by atoms with Gasteiger partial charge in [0.2, 0.25) is 0 Å². The van der Waals surface area contributed by atoms with Crippen molar-refractivity contribution in [1.29, 1.82) is 0 Å². The third-order valence-electron chi connectivity index (χ3n) is 3.69. The fourth-order valence-electron chi connectivity index (χ4n) is 2.52. The van der Waals surface area contributed by atoms with E-state index in [2.05, 4.69) is 34.5 Å². The van der Waals surface area contributed by atoms with E-state index in [-0.39, 0.29) is 0 Å². The Labute approximate surface area is 114 Å². The van der Waals surface area contributed by atoms with Crippen molar-refractivity contribution in [2.45, 2.75) is 38.4 Å². The number of nitrogens with zero attached hydrogens (tertiary/aromatic N) is 1. The van der Waals surface area contributed by atoms with Crippen LogP contribution < -0.4 is 5.32 Å². The molecule has 1 aliphatic rings. The zero-order valence-electron chi connectivity index (χ0n) is 11.4. The van der Waals surface area contributed by atoms with Crippen LogP contribution in [0.2, 0.25) is 0 Å². The average molecular weight is 262 g/mol. The molecule has 0 aromatic heterocycles. The number of carboxylic acids is 1. The lowest BCUT2D eigenvalue weighted by Crippen LogP contribution is -2.47. The fourth-order valence-corrected chi connectivity index (χ4v) is 2.52. The van der Waals surface area contributed by atoms with Gasteiger partial charge in [-0.1, -0.05) is 30.3 Å². The average Bonchev–Trinajstić information content (AvgIpc) is 2.42. The number of piperidine rings is 1. The Morgan fingerprint density at radius 1 is 1.37 bits per heavy atom. The maximum Gasteiger partial charge on any atom is 0.320 e. The van der Waals surface area contributed by atoms with Gasteiger partial charge < -0.3 is 10.4 Å². The van der Waals surface area contributed by atoms with Crippen LogP contribution in [0.5, 0.6) is 0 Å². The first kappa shape index (κ1) is 14.0. The molecule has 0 spiro atoms. The summed E-state index contributed by atoms with van der Waals surface area (Å²) in [5, 5.41) is 12.1. The van der Waals surface area contributed by atoms with E-state index in [0.717, 1.165) is 32.5 Å². The highest BCUT2D eigenvalue weighted by Crippen LogP contribution is 2.14. The lowest BCUT2D eigenvalue weighted by molar-refractivity contribution is -0.139. The number of hydrogen-bond donors (Lipinski definition) is 2. The summed E-state index contributed by atoms with van der Waals surface area (Å²) < 4.78 is 0. The maximum atomic E-state index is 10.8. The Morgan fingerprint density at radius 3 is 2.58 bits per heavy atom. The molecule has 0 bridgehead atoms. The number of hydrogen-bond acceptors (Lipinski definition) is 3. The van der Waals surface area contributed by atoms with E-state index < -0.39 is 12.0 Å². The normalized spacial score (nSPS) is 19.2. The molecule has 1 saturated heterocycles. The molecule has 2 N–H and O–H groups in total. The second-order valence-electron chi connectivity index (χ2n) is 5.26. The van der Waals surface area contributed by atoms with E-state index in [9.17, 15) is 4.79 Å². The van der Waals surface area contributed by atoms with Crippen molar-refractivity contribution in [2.75, 3.05) is 13.1 Å². The van der Waals surface area contributed by atoms with Crippen molar-refractivity contribution in [3.8, 4) is 0 Å². The molecule has 1 aromatic carbocycles. The number of aliphatic carboxylic acids is 1. The number of likely N-dealkylation sites (tertiary alicyclic amines) is 1. The second kappa shape index (κ2) is 6.68. The van der Waals surface area contributed by atoms with Gasteiger partial charge in [-0.2, -0.15) is 0 Å². The Hall–Kier alpha value is -1.39. The largest absolute Gasteiger partial charge is 0.480 e. The van der Waals surface area contributed by atoms with E-state index in [4.69, 9.17) is 5.11 Å². The molecule has 2 rings (SSSR count). The minimum Gasteiger partial charge on any atom is -0.480 e. The van der Waals surface area contributed by atoms with Crippen LogP contribution in [0.4, 0.5) is 0 Å². The Bertz CT molecular complexity index is 400. The third-order valence-corrected chi connectivity index (χ3v) is 3.69. The molecule has 0 saturated carbocycles. The van der Waals surface area contributed by atoms with Crippen LogP contribution >= 0.6 is 0 Å². The van der Waals surface area contributed by atoms with Gasteiger partial charge in [0.1, 0.15) is 6.04 Å². The molecule has 19 heavy (non-hydrogen) atoms. The molecule has 1 fully saturated rings. The smallest absolute Gasteiger partial charge is 0.320 e. The van der Waals surface area contributed by atoms with Crippen LogP contribution in [0.3, 0.4) is 0 Å². The van der Waals surface area contributed by atoms with Crippen LogP contribution in [0, 0.1) is 0 Å². The summed E-state index contributed by atoms with van der Waals surface area (Å²) in [6.45, 7) is 4.75. The van der Waals surface area contributed by atoms with Crippen molar-refractivity contribution in [2.24, 2.45) is 0 Å². The highest BCUT2D eigenvalue weighted by Gasteiger charge is 2.22. The highest BCUT2D eigenvalue weighted by molar-refractivity contribution is 5.72. The van der Waals surface area contributed by atoms with Crippen LogP contribution in [-0.2, 0) is 11.3 Å². The van der Waals surface area contributed by atoms with Crippen LogP contribution in [-0.4, -0.2) is 41.1 Å². The van der Waals surface area contributed by atoms with Crippen molar-refractivity contribution in [1.82, 2.24) is 10.2 Å². The minimum absolute atomic E-state index is 0.332. The van der Waals surface area contributed by atoms with Gasteiger partial charge in [0, 0.05) is 12.6 Å². The van der Waals surface area contributed by atoms with Crippen LogP contribution in [0.15, 0.2) is 30.3 Å². The lowest BCUT2D eigenvalue weighted by atomic mass is 10.0. The third kappa shape index (κ3) is 4.33. The lowest BCUT2D eigenvalue weighted by Gasteiger charge is -2.33. The first-order valence-corrected chi connectivity index (χ1v) is 6.90. The van der Waals surface area contributed by atoms with Gasteiger partial charge in [-0.3, -0.25) is 9.69 Å². The quantitative estimate of drug-likeness (QED) is 0.848. The van der Waals surface area contributed by atoms with Gasteiger partial charge in [-0.25, -0.2) is 0 Å². The Morgan fingerprint density at radius 2 is 2.00 bits per heavy atom. The van der Waals surface area contributed by atoms with Crippen molar-refractivity contribution < 1.29 is 9.90 Å². The van der Waals surface area contributed by atoms with Gasteiger partial charge in [0.25, 0.3) is 0 Å². The van der Waals surface area contributed by atoms with Crippen LogP contribution in [0.25, 0.3) is 0 Å². The van der Waals surface area contributed by atoms with Gasteiger partial charge in [0.05, 0.1) is 0 Å². The molecule has 0 radical (unpaired) electrons. The Kier molecular flexibility index (Phi) is 4.93. The summed E-state index contributed by atoms with van der Waals surface area (Å²) in [7, 11) is 0. The Balaban J connectivity index is 1.75. The summed E-state index contributed by atoms with van der Waals surface area (Å²) >= 11 is 0. The van der Waals surface area contributed by atoms with Gasteiger partial charge in [-0.15, -0.1) is 0 Å². The standard InChI is InChI=1S/C15H22N2O2/c1-12(15(18)19)16-14-7-9-17(10-8-14)11-13-5-3-2-4-6-13/h2-6,12,14,16H,7-11H2,1H3,(H,18,19). The molecule has 104 valence electrons. The number of carbonyl (C=O) groups is 1. The predicted octanol–water partition coefficient (Wildman–Crippen LogP) is 1.71. The second-order valence-corrected chi connectivity index (χ2v) is 5.26. The molecule has 1 aliphatic heterocycles. The summed E-state index contributed by atoms with van der Waals surface area (Å²) in [5.41, 5.74) is 1.34. The topological polar surface area (TPSA) is 52.6 Å². The molecule has 1 atom stereocenters. The van der Waals surface area contributed by atoms with Gasteiger partial charge in [-0.05, 0) is 38.4 Å². The van der Waals surface area contributed by atoms with Crippen molar-refractivity contribution >= 4 is 5.97 Å². The maximum absolute atomic E-state index is 10.8. The molecule has 1 heterocycles. The minimum atomic E-state index is -0.772. The number of benzene rings is 1. The van der Waals surface area contributed by atoms with Crippen molar-refractivity contribution in [3.63, 3.8) is 0 Å². The van der Waals surface area contributed by atoms with Gasteiger partial charge in [0.15, 0.2) is 0 Å². The summed E-state index contributed by atoms with van der Waals surface area (Å²) in [6, 6.07) is 10.3. The molecule has 4 heteroatoms. The number of carboxylic acid groups (broad SMARTS) is 1.